The minimum atomic E-state index is -1.22. The topological polar surface area (TPSA) is 66.4 Å². The van der Waals surface area contributed by atoms with Crippen molar-refractivity contribution in [3.63, 3.8) is 0 Å². The van der Waals surface area contributed by atoms with Gasteiger partial charge in [0.25, 0.3) is 5.91 Å². The van der Waals surface area contributed by atoms with E-state index in [1.807, 2.05) is 0 Å². The Balaban J connectivity index is 2.95. The summed E-state index contributed by atoms with van der Waals surface area (Å²) in [4.78, 5) is 22.7. The highest BCUT2D eigenvalue weighted by molar-refractivity contribution is 6.39. The summed E-state index contributed by atoms with van der Waals surface area (Å²) < 4.78 is 0. The molecule has 18 heavy (non-hydrogen) atoms. The van der Waals surface area contributed by atoms with Gasteiger partial charge in [0.05, 0.1) is 15.6 Å². The Morgan fingerprint density at radius 2 is 1.94 bits per heavy atom. The SMILES string of the molecule is C#CCC(NC(=O)c1c(Cl)cccc1Cl)C(=O)O. The van der Waals surface area contributed by atoms with Gasteiger partial charge in [0.1, 0.15) is 6.04 Å². The van der Waals surface area contributed by atoms with Crippen LogP contribution in [0.3, 0.4) is 0 Å². The molecular weight excluding hydrogens is 277 g/mol. The lowest BCUT2D eigenvalue weighted by atomic mass is 10.1. The Hall–Kier alpha value is -1.70. The third-order valence-corrected chi connectivity index (χ3v) is 2.75. The molecule has 0 saturated carbocycles. The number of hydrogen-bond acceptors (Lipinski definition) is 2. The number of carbonyl (C=O) groups is 2. The Morgan fingerprint density at radius 1 is 1.39 bits per heavy atom. The predicted molar refractivity (Wildman–Crippen MR) is 68.8 cm³/mol. The van der Waals surface area contributed by atoms with Gasteiger partial charge in [0.15, 0.2) is 0 Å². The lowest BCUT2D eigenvalue weighted by Crippen LogP contribution is -2.40. The van der Waals surface area contributed by atoms with Crippen LogP contribution < -0.4 is 5.32 Å². The van der Waals surface area contributed by atoms with Gasteiger partial charge in [0.2, 0.25) is 0 Å². The zero-order valence-corrected chi connectivity index (χ0v) is 10.6. The van der Waals surface area contributed by atoms with E-state index in [1.165, 1.54) is 12.1 Å². The number of aliphatic carboxylic acids is 1. The van der Waals surface area contributed by atoms with E-state index in [1.54, 1.807) is 6.07 Å². The van der Waals surface area contributed by atoms with Crippen LogP contribution in [-0.2, 0) is 4.79 Å². The second-order valence-corrected chi connectivity index (χ2v) is 4.18. The average Bonchev–Trinajstić information content (AvgIpc) is 2.28. The Kier molecular flexibility index (Phi) is 5.02. The number of carbonyl (C=O) groups excluding carboxylic acids is 1. The average molecular weight is 286 g/mol. The van der Waals surface area contributed by atoms with Crippen molar-refractivity contribution in [3.05, 3.63) is 33.8 Å². The number of hydrogen-bond donors (Lipinski definition) is 2. The molecule has 1 rings (SSSR count). The number of amides is 1. The number of nitrogens with one attached hydrogen (secondary N) is 1. The van der Waals surface area contributed by atoms with Gasteiger partial charge >= 0.3 is 5.97 Å². The van der Waals surface area contributed by atoms with E-state index < -0.39 is 17.9 Å². The van der Waals surface area contributed by atoms with Gasteiger partial charge in [-0.25, -0.2) is 4.79 Å². The van der Waals surface area contributed by atoms with E-state index in [9.17, 15) is 9.59 Å². The van der Waals surface area contributed by atoms with Crippen LogP contribution in [0.5, 0.6) is 0 Å². The van der Waals surface area contributed by atoms with Crippen molar-refractivity contribution >= 4 is 35.1 Å². The minimum Gasteiger partial charge on any atom is -0.480 e. The zero-order chi connectivity index (χ0) is 13.7. The molecule has 0 aliphatic carbocycles. The molecule has 94 valence electrons. The van der Waals surface area contributed by atoms with Crippen LogP contribution >= 0.6 is 23.2 Å². The summed E-state index contributed by atoms with van der Waals surface area (Å²) in [7, 11) is 0. The fraction of sp³-hybridized carbons (Fsp3) is 0.167. The number of terminal acetylenes is 1. The lowest BCUT2D eigenvalue weighted by molar-refractivity contribution is -0.139. The maximum atomic E-state index is 11.9. The molecule has 0 fully saturated rings. The number of halogens is 2. The van der Waals surface area contributed by atoms with E-state index in [4.69, 9.17) is 34.7 Å². The zero-order valence-electron chi connectivity index (χ0n) is 9.11. The largest absolute Gasteiger partial charge is 0.480 e. The first-order valence-corrected chi connectivity index (χ1v) is 5.64. The summed E-state index contributed by atoms with van der Waals surface area (Å²) in [6.45, 7) is 0. The van der Waals surface area contributed by atoms with Crippen molar-refractivity contribution in [1.82, 2.24) is 5.32 Å². The van der Waals surface area contributed by atoms with E-state index in [2.05, 4.69) is 11.2 Å². The molecule has 0 radical (unpaired) electrons. The molecule has 0 heterocycles. The number of carboxylic acids is 1. The summed E-state index contributed by atoms with van der Waals surface area (Å²) in [6.07, 6.45) is 4.90. The lowest BCUT2D eigenvalue weighted by Gasteiger charge is -2.13. The summed E-state index contributed by atoms with van der Waals surface area (Å²) in [5.41, 5.74) is 0.0316. The first-order valence-electron chi connectivity index (χ1n) is 4.88. The first kappa shape index (κ1) is 14.4. The first-order chi connectivity index (χ1) is 8.47. The highest BCUT2D eigenvalue weighted by Crippen LogP contribution is 2.24. The molecule has 4 nitrogen and oxygen atoms in total. The van der Waals surface area contributed by atoms with Crippen molar-refractivity contribution < 1.29 is 14.7 Å². The minimum absolute atomic E-state index is 0.0316. The van der Waals surface area contributed by atoms with E-state index in [-0.39, 0.29) is 22.0 Å². The molecule has 1 aromatic carbocycles. The monoisotopic (exact) mass is 285 g/mol. The van der Waals surface area contributed by atoms with Crippen LogP contribution in [0.15, 0.2) is 18.2 Å². The van der Waals surface area contributed by atoms with Crippen LogP contribution in [-0.4, -0.2) is 23.0 Å². The molecule has 2 N–H and O–H groups in total. The predicted octanol–water partition coefficient (Wildman–Crippen LogP) is 2.20. The molecule has 0 aliphatic rings. The molecule has 1 amide bonds. The van der Waals surface area contributed by atoms with Crippen LogP contribution in [0.2, 0.25) is 10.0 Å². The van der Waals surface area contributed by atoms with Gasteiger partial charge in [0, 0.05) is 6.42 Å². The van der Waals surface area contributed by atoms with Gasteiger partial charge in [-0.3, -0.25) is 4.79 Å². The smallest absolute Gasteiger partial charge is 0.327 e. The molecule has 0 saturated heterocycles. The summed E-state index contributed by atoms with van der Waals surface area (Å²) in [6, 6.07) is 3.38. The Morgan fingerprint density at radius 3 is 2.39 bits per heavy atom. The number of benzene rings is 1. The third-order valence-electron chi connectivity index (χ3n) is 2.12. The van der Waals surface area contributed by atoms with Crippen LogP contribution in [0, 0.1) is 12.3 Å². The van der Waals surface area contributed by atoms with Crippen molar-refractivity contribution in [1.29, 1.82) is 0 Å². The molecule has 0 bridgehead atoms. The quantitative estimate of drug-likeness (QED) is 0.834. The maximum absolute atomic E-state index is 11.9. The van der Waals surface area contributed by atoms with Gasteiger partial charge in [-0.2, -0.15) is 0 Å². The standard InChI is InChI=1S/C12H9Cl2NO3/c1-2-4-9(12(17)18)15-11(16)10-7(13)5-3-6-8(10)14/h1,3,5-6,9H,4H2,(H,15,16)(H,17,18). The van der Waals surface area contributed by atoms with Crippen molar-refractivity contribution in [2.24, 2.45) is 0 Å². The molecule has 1 aromatic rings. The highest BCUT2D eigenvalue weighted by Gasteiger charge is 2.22. The third kappa shape index (κ3) is 3.39. The molecular formula is C12H9Cl2NO3. The van der Waals surface area contributed by atoms with E-state index in [0.29, 0.717) is 0 Å². The summed E-state index contributed by atoms with van der Waals surface area (Å²) in [5.74, 6) is 0.283. The molecule has 6 heteroatoms. The Labute approximate surface area is 114 Å². The highest BCUT2D eigenvalue weighted by atomic mass is 35.5. The maximum Gasteiger partial charge on any atom is 0.327 e. The van der Waals surface area contributed by atoms with Crippen LogP contribution in [0.25, 0.3) is 0 Å². The molecule has 1 unspecified atom stereocenters. The number of carboxylic acid groups (broad SMARTS) is 1. The molecule has 1 atom stereocenters. The van der Waals surface area contributed by atoms with Crippen LogP contribution in [0.1, 0.15) is 16.8 Å². The molecule has 0 aliphatic heterocycles. The van der Waals surface area contributed by atoms with Gasteiger partial charge in [-0.1, -0.05) is 29.3 Å². The van der Waals surface area contributed by atoms with Crippen LogP contribution in [0.4, 0.5) is 0 Å². The molecule has 0 aromatic heterocycles. The number of rotatable bonds is 4. The van der Waals surface area contributed by atoms with Crippen molar-refractivity contribution in [2.45, 2.75) is 12.5 Å². The fourth-order valence-electron chi connectivity index (χ4n) is 1.26. The van der Waals surface area contributed by atoms with E-state index >= 15 is 0 Å². The van der Waals surface area contributed by atoms with E-state index in [0.717, 1.165) is 0 Å². The van der Waals surface area contributed by atoms with Gasteiger partial charge in [-0.05, 0) is 12.1 Å². The van der Waals surface area contributed by atoms with Crippen molar-refractivity contribution in [3.8, 4) is 12.3 Å². The summed E-state index contributed by atoms with van der Waals surface area (Å²) >= 11 is 11.7. The summed E-state index contributed by atoms with van der Waals surface area (Å²) in [5, 5.41) is 11.4. The Bertz CT molecular complexity index is 502. The second kappa shape index (κ2) is 6.29. The second-order valence-electron chi connectivity index (χ2n) is 3.37. The molecule has 0 spiro atoms. The normalized spacial score (nSPS) is 11.4. The fourth-order valence-corrected chi connectivity index (χ4v) is 1.83. The van der Waals surface area contributed by atoms with Crippen molar-refractivity contribution in [2.75, 3.05) is 0 Å². The van der Waals surface area contributed by atoms with Gasteiger partial charge in [-0.15, -0.1) is 12.3 Å². The van der Waals surface area contributed by atoms with Gasteiger partial charge < -0.3 is 10.4 Å².